The SMILES string of the molecule is O=[N+]([O-])c1cnc2cc(Br)ccc2c1NCCCCCO. The molecule has 2 rings (SSSR count). The summed E-state index contributed by atoms with van der Waals surface area (Å²) < 4.78 is 0.880. The lowest BCUT2D eigenvalue weighted by Crippen LogP contribution is -2.06. The number of nitro groups is 1. The van der Waals surface area contributed by atoms with Crippen LogP contribution in [0.4, 0.5) is 11.4 Å². The number of aromatic nitrogens is 1. The number of nitrogens with zero attached hydrogens (tertiary/aromatic N) is 2. The second kappa shape index (κ2) is 7.33. The molecule has 2 N–H and O–H groups in total. The Morgan fingerprint density at radius 2 is 2.14 bits per heavy atom. The van der Waals surface area contributed by atoms with Crippen molar-refractivity contribution in [3.63, 3.8) is 0 Å². The molecule has 0 saturated heterocycles. The summed E-state index contributed by atoms with van der Waals surface area (Å²) in [6.45, 7) is 0.794. The molecule has 2 aromatic rings. The van der Waals surface area contributed by atoms with Gasteiger partial charge in [0.15, 0.2) is 0 Å². The fourth-order valence-electron chi connectivity index (χ4n) is 2.11. The maximum atomic E-state index is 11.2. The zero-order chi connectivity index (χ0) is 15.2. The van der Waals surface area contributed by atoms with Crippen LogP contribution in [0.25, 0.3) is 10.9 Å². The van der Waals surface area contributed by atoms with E-state index in [4.69, 9.17) is 5.11 Å². The Morgan fingerprint density at radius 1 is 1.33 bits per heavy atom. The summed E-state index contributed by atoms with van der Waals surface area (Å²) in [4.78, 5) is 14.9. The van der Waals surface area contributed by atoms with Crippen LogP contribution in [-0.2, 0) is 0 Å². The van der Waals surface area contributed by atoms with Gasteiger partial charge in [0.05, 0.1) is 10.4 Å². The fourth-order valence-corrected chi connectivity index (χ4v) is 2.46. The summed E-state index contributed by atoms with van der Waals surface area (Å²) in [6, 6.07) is 5.48. The minimum Gasteiger partial charge on any atom is -0.396 e. The molecule has 112 valence electrons. The van der Waals surface area contributed by atoms with Gasteiger partial charge in [0.25, 0.3) is 0 Å². The van der Waals surface area contributed by atoms with Gasteiger partial charge in [-0.25, -0.2) is 4.98 Å². The van der Waals surface area contributed by atoms with E-state index in [1.165, 1.54) is 6.20 Å². The number of anilines is 1. The van der Waals surface area contributed by atoms with Crippen LogP contribution in [-0.4, -0.2) is 28.2 Å². The summed E-state index contributed by atoms with van der Waals surface area (Å²) in [5, 5.41) is 23.8. The van der Waals surface area contributed by atoms with Gasteiger partial charge in [-0.3, -0.25) is 10.1 Å². The molecule has 0 spiro atoms. The zero-order valence-corrected chi connectivity index (χ0v) is 13.0. The van der Waals surface area contributed by atoms with Crippen molar-refractivity contribution in [1.82, 2.24) is 4.98 Å². The summed E-state index contributed by atoms with van der Waals surface area (Å²) >= 11 is 3.37. The van der Waals surface area contributed by atoms with Gasteiger partial charge in [-0.2, -0.15) is 0 Å². The largest absolute Gasteiger partial charge is 0.396 e. The van der Waals surface area contributed by atoms with E-state index in [2.05, 4.69) is 26.2 Å². The number of fused-ring (bicyclic) bond motifs is 1. The van der Waals surface area contributed by atoms with Gasteiger partial charge in [0, 0.05) is 23.0 Å². The number of hydrogen-bond acceptors (Lipinski definition) is 5. The van der Waals surface area contributed by atoms with Gasteiger partial charge >= 0.3 is 5.69 Å². The molecule has 0 saturated carbocycles. The molecular weight excluding hydrogens is 338 g/mol. The van der Waals surface area contributed by atoms with Gasteiger partial charge in [0.2, 0.25) is 0 Å². The fraction of sp³-hybridized carbons (Fsp3) is 0.357. The van der Waals surface area contributed by atoms with Gasteiger partial charge in [-0.15, -0.1) is 0 Å². The average Bonchev–Trinajstić information content (AvgIpc) is 2.46. The molecule has 0 fully saturated rings. The number of unbranched alkanes of at least 4 members (excludes halogenated alkanes) is 2. The first kappa shape index (κ1) is 15.7. The second-order valence-corrected chi connectivity index (χ2v) is 5.56. The minimum absolute atomic E-state index is 0.0213. The molecule has 0 bridgehead atoms. The van der Waals surface area contributed by atoms with Crippen LogP contribution in [0.15, 0.2) is 28.9 Å². The molecule has 1 aromatic heterocycles. The topological polar surface area (TPSA) is 88.3 Å². The van der Waals surface area contributed by atoms with Crippen molar-refractivity contribution in [3.05, 3.63) is 39.0 Å². The molecule has 1 aromatic carbocycles. The van der Waals surface area contributed by atoms with E-state index in [1.54, 1.807) is 0 Å². The Hall–Kier alpha value is -1.73. The number of aliphatic hydroxyl groups excluding tert-OH is 1. The van der Waals surface area contributed by atoms with Crippen LogP contribution in [0.2, 0.25) is 0 Å². The van der Waals surface area contributed by atoms with Crippen LogP contribution in [0.5, 0.6) is 0 Å². The summed E-state index contributed by atoms with van der Waals surface area (Å²) in [5.41, 5.74) is 1.18. The van der Waals surface area contributed by atoms with Gasteiger partial charge in [0.1, 0.15) is 11.9 Å². The van der Waals surface area contributed by atoms with Crippen molar-refractivity contribution in [1.29, 1.82) is 0 Å². The lowest BCUT2D eigenvalue weighted by Gasteiger charge is -2.10. The van der Waals surface area contributed by atoms with Crippen LogP contribution >= 0.6 is 15.9 Å². The summed E-state index contributed by atoms with van der Waals surface area (Å²) in [5.74, 6) is 0. The van der Waals surface area contributed by atoms with Crippen LogP contribution in [0.1, 0.15) is 19.3 Å². The Kier molecular flexibility index (Phi) is 5.46. The lowest BCUT2D eigenvalue weighted by molar-refractivity contribution is -0.384. The first-order chi connectivity index (χ1) is 10.1. The predicted molar refractivity (Wildman–Crippen MR) is 85.5 cm³/mol. The number of halogens is 1. The van der Waals surface area contributed by atoms with Crippen LogP contribution < -0.4 is 5.32 Å². The molecule has 0 radical (unpaired) electrons. The Bertz CT molecular complexity index is 649. The first-order valence-electron chi connectivity index (χ1n) is 6.71. The average molecular weight is 354 g/mol. The molecular formula is C14H16BrN3O3. The highest BCUT2D eigenvalue weighted by atomic mass is 79.9. The smallest absolute Gasteiger partial charge is 0.311 e. The maximum Gasteiger partial charge on any atom is 0.311 e. The monoisotopic (exact) mass is 353 g/mol. The summed E-state index contributed by atoms with van der Waals surface area (Å²) in [6.07, 6.45) is 3.75. The summed E-state index contributed by atoms with van der Waals surface area (Å²) in [7, 11) is 0. The molecule has 0 atom stereocenters. The molecule has 1 heterocycles. The zero-order valence-electron chi connectivity index (χ0n) is 11.4. The van der Waals surface area contributed by atoms with Gasteiger partial charge in [-0.1, -0.05) is 15.9 Å². The van der Waals surface area contributed by atoms with Crippen molar-refractivity contribution in [2.75, 3.05) is 18.5 Å². The third kappa shape index (κ3) is 3.89. The van der Waals surface area contributed by atoms with Gasteiger partial charge in [-0.05, 0) is 37.5 Å². The van der Waals surface area contributed by atoms with E-state index < -0.39 is 4.92 Å². The molecule has 0 aliphatic heterocycles. The molecule has 0 aliphatic rings. The highest BCUT2D eigenvalue weighted by Crippen LogP contribution is 2.32. The van der Waals surface area contributed by atoms with Crippen molar-refractivity contribution < 1.29 is 10.0 Å². The van der Waals surface area contributed by atoms with E-state index in [9.17, 15) is 10.1 Å². The third-order valence-electron chi connectivity index (χ3n) is 3.14. The quantitative estimate of drug-likeness (QED) is 0.452. The number of benzene rings is 1. The van der Waals surface area contributed by atoms with E-state index in [0.717, 1.165) is 29.1 Å². The molecule has 0 amide bonds. The number of hydrogen-bond donors (Lipinski definition) is 2. The molecule has 6 nitrogen and oxygen atoms in total. The van der Waals surface area contributed by atoms with Crippen LogP contribution in [0.3, 0.4) is 0 Å². The molecule has 0 aliphatic carbocycles. The van der Waals surface area contributed by atoms with E-state index in [-0.39, 0.29) is 12.3 Å². The van der Waals surface area contributed by atoms with Crippen molar-refractivity contribution in [2.45, 2.75) is 19.3 Å². The van der Waals surface area contributed by atoms with Crippen molar-refractivity contribution in [3.8, 4) is 0 Å². The Labute approximate surface area is 130 Å². The highest BCUT2D eigenvalue weighted by Gasteiger charge is 2.17. The minimum atomic E-state index is -0.426. The van der Waals surface area contributed by atoms with E-state index in [0.29, 0.717) is 17.7 Å². The standard InChI is InChI=1S/C14H16BrN3O3/c15-10-4-5-11-12(8-10)17-9-13(18(20)21)14(11)16-6-2-1-3-7-19/h4-5,8-9,19H,1-3,6-7H2,(H,16,17). The molecule has 0 unspecified atom stereocenters. The number of aliphatic hydroxyl groups is 1. The van der Waals surface area contributed by atoms with E-state index in [1.807, 2.05) is 18.2 Å². The first-order valence-corrected chi connectivity index (χ1v) is 7.50. The number of pyridine rings is 1. The van der Waals surface area contributed by atoms with Gasteiger partial charge < -0.3 is 10.4 Å². The molecule has 21 heavy (non-hydrogen) atoms. The maximum absolute atomic E-state index is 11.2. The predicted octanol–water partition coefficient (Wildman–Crippen LogP) is 3.48. The highest BCUT2D eigenvalue weighted by molar-refractivity contribution is 9.10. The molecule has 7 heteroatoms. The number of nitrogens with one attached hydrogen (secondary N) is 1. The van der Waals surface area contributed by atoms with E-state index >= 15 is 0 Å². The number of rotatable bonds is 7. The Balaban J connectivity index is 2.28. The third-order valence-corrected chi connectivity index (χ3v) is 3.64. The normalized spacial score (nSPS) is 10.8. The Morgan fingerprint density at radius 3 is 2.86 bits per heavy atom. The second-order valence-electron chi connectivity index (χ2n) is 4.65. The lowest BCUT2D eigenvalue weighted by atomic mass is 10.1. The van der Waals surface area contributed by atoms with Crippen molar-refractivity contribution in [2.24, 2.45) is 0 Å². The van der Waals surface area contributed by atoms with Crippen LogP contribution in [0, 0.1) is 10.1 Å². The van der Waals surface area contributed by atoms with Crippen molar-refractivity contribution >= 4 is 38.2 Å².